The fraction of sp³-hybridized carbons (Fsp3) is 0.385. The highest BCUT2D eigenvalue weighted by molar-refractivity contribution is 5.90. The number of nitro benzene ring substituents is 1. The summed E-state index contributed by atoms with van der Waals surface area (Å²) >= 11 is 0. The molecular formula is C13H15N3O5. The first-order valence-electron chi connectivity index (χ1n) is 6.52. The van der Waals surface area contributed by atoms with Gasteiger partial charge >= 0.3 is 5.97 Å². The summed E-state index contributed by atoms with van der Waals surface area (Å²) in [5.41, 5.74) is -0.389. The molecule has 1 aromatic rings. The SMILES string of the molecule is O=C(O)c1ccc(NCC(=O)N2CCCC2)c([N+](=O)[O-])c1. The van der Waals surface area contributed by atoms with Crippen molar-refractivity contribution in [2.45, 2.75) is 12.8 Å². The molecule has 1 aliphatic heterocycles. The third-order valence-corrected chi connectivity index (χ3v) is 3.33. The van der Waals surface area contributed by atoms with E-state index in [1.165, 1.54) is 12.1 Å². The number of benzene rings is 1. The van der Waals surface area contributed by atoms with Crippen LogP contribution in [0.4, 0.5) is 11.4 Å². The second-order valence-electron chi connectivity index (χ2n) is 4.74. The number of anilines is 1. The van der Waals surface area contributed by atoms with E-state index in [4.69, 9.17) is 5.11 Å². The van der Waals surface area contributed by atoms with Crippen molar-refractivity contribution in [2.75, 3.05) is 25.0 Å². The summed E-state index contributed by atoms with van der Waals surface area (Å²) in [7, 11) is 0. The van der Waals surface area contributed by atoms with E-state index in [0.717, 1.165) is 18.9 Å². The zero-order chi connectivity index (χ0) is 15.4. The topological polar surface area (TPSA) is 113 Å². The smallest absolute Gasteiger partial charge is 0.335 e. The molecule has 0 aliphatic carbocycles. The van der Waals surface area contributed by atoms with E-state index in [-0.39, 0.29) is 29.4 Å². The van der Waals surface area contributed by atoms with Crippen LogP contribution in [0.3, 0.4) is 0 Å². The third-order valence-electron chi connectivity index (χ3n) is 3.33. The maximum atomic E-state index is 11.9. The molecule has 0 spiro atoms. The largest absolute Gasteiger partial charge is 0.478 e. The summed E-state index contributed by atoms with van der Waals surface area (Å²) in [5.74, 6) is -1.36. The molecule has 0 bridgehead atoms. The number of carbonyl (C=O) groups is 2. The van der Waals surface area contributed by atoms with Gasteiger partial charge in [0.15, 0.2) is 0 Å². The van der Waals surface area contributed by atoms with E-state index < -0.39 is 10.9 Å². The molecule has 1 fully saturated rings. The van der Waals surface area contributed by atoms with Crippen molar-refractivity contribution in [1.29, 1.82) is 0 Å². The molecule has 2 N–H and O–H groups in total. The minimum absolute atomic E-state index is 0.0484. The lowest BCUT2D eigenvalue weighted by Crippen LogP contribution is -2.33. The first-order chi connectivity index (χ1) is 9.99. The Kier molecular flexibility index (Phi) is 4.36. The molecule has 0 unspecified atom stereocenters. The Morgan fingerprint density at radius 3 is 2.57 bits per heavy atom. The Labute approximate surface area is 120 Å². The molecule has 0 radical (unpaired) electrons. The van der Waals surface area contributed by atoms with Gasteiger partial charge < -0.3 is 15.3 Å². The summed E-state index contributed by atoms with van der Waals surface area (Å²) in [6.07, 6.45) is 1.94. The number of carboxylic acid groups (broad SMARTS) is 1. The van der Waals surface area contributed by atoms with E-state index in [1.807, 2.05) is 0 Å². The number of hydrogen-bond acceptors (Lipinski definition) is 5. The molecule has 1 saturated heterocycles. The van der Waals surface area contributed by atoms with Gasteiger partial charge in [-0.3, -0.25) is 14.9 Å². The summed E-state index contributed by atoms with van der Waals surface area (Å²) in [6.45, 7) is 1.37. The van der Waals surface area contributed by atoms with E-state index in [9.17, 15) is 19.7 Å². The molecule has 1 heterocycles. The highest BCUT2D eigenvalue weighted by Crippen LogP contribution is 2.25. The maximum Gasteiger partial charge on any atom is 0.335 e. The van der Waals surface area contributed by atoms with Crippen LogP contribution in [-0.2, 0) is 4.79 Å². The van der Waals surface area contributed by atoms with E-state index in [0.29, 0.717) is 13.1 Å². The van der Waals surface area contributed by atoms with Gasteiger partial charge in [-0.1, -0.05) is 0 Å². The van der Waals surface area contributed by atoms with Gasteiger partial charge in [0.1, 0.15) is 5.69 Å². The highest BCUT2D eigenvalue weighted by Gasteiger charge is 2.20. The number of carboxylic acids is 1. The summed E-state index contributed by atoms with van der Waals surface area (Å²) in [4.78, 5) is 34.7. The maximum absolute atomic E-state index is 11.9. The number of amides is 1. The van der Waals surface area contributed by atoms with Crippen LogP contribution < -0.4 is 5.32 Å². The van der Waals surface area contributed by atoms with E-state index >= 15 is 0 Å². The van der Waals surface area contributed by atoms with Crippen molar-refractivity contribution >= 4 is 23.3 Å². The predicted octanol–water partition coefficient (Wildman–Crippen LogP) is 1.33. The van der Waals surface area contributed by atoms with Crippen LogP contribution in [0.2, 0.25) is 0 Å². The minimum atomic E-state index is -1.24. The number of nitro groups is 1. The van der Waals surface area contributed by atoms with Crippen molar-refractivity contribution < 1.29 is 19.6 Å². The van der Waals surface area contributed by atoms with Crippen LogP contribution in [0.25, 0.3) is 0 Å². The molecule has 8 nitrogen and oxygen atoms in total. The van der Waals surface area contributed by atoms with Gasteiger partial charge in [0, 0.05) is 19.2 Å². The number of likely N-dealkylation sites (tertiary alicyclic amines) is 1. The number of hydrogen-bond donors (Lipinski definition) is 2. The van der Waals surface area contributed by atoms with E-state index in [1.54, 1.807) is 4.90 Å². The average Bonchev–Trinajstić information content (AvgIpc) is 2.98. The molecule has 112 valence electrons. The summed E-state index contributed by atoms with van der Waals surface area (Å²) in [6, 6.07) is 3.54. The van der Waals surface area contributed by atoms with Crippen molar-refractivity contribution in [3.05, 3.63) is 33.9 Å². The second kappa shape index (κ2) is 6.21. The van der Waals surface area contributed by atoms with Crippen molar-refractivity contribution in [3.8, 4) is 0 Å². The first kappa shape index (κ1) is 14.8. The quantitative estimate of drug-likeness (QED) is 0.625. The lowest BCUT2D eigenvalue weighted by Gasteiger charge is -2.16. The minimum Gasteiger partial charge on any atom is -0.478 e. The van der Waals surface area contributed by atoms with Crippen molar-refractivity contribution in [2.24, 2.45) is 0 Å². The zero-order valence-electron chi connectivity index (χ0n) is 11.2. The fourth-order valence-electron chi connectivity index (χ4n) is 2.21. The number of carbonyl (C=O) groups excluding carboxylic acids is 1. The summed E-state index contributed by atoms with van der Waals surface area (Å²) < 4.78 is 0. The van der Waals surface area contributed by atoms with Gasteiger partial charge in [-0.25, -0.2) is 4.79 Å². The van der Waals surface area contributed by atoms with Gasteiger partial charge in [0.05, 0.1) is 17.0 Å². The Bertz CT molecular complexity index is 581. The number of nitrogens with one attached hydrogen (secondary N) is 1. The standard InChI is InChI=1S/C13H15N3O5/c17-12(15-5-1-2-6-15)8-14-10-4-3-9(13(18)19)7-11(10)16(20)21/h3-4,7,14H,1-2,5-6,8H2,(H,18,19). The normalized spacial score (nSPS) is 14.0. The summed E-state index contributed by atoms with van der Waals surface area (Å²) in [5, 5.41) is 22.5. The first-order valence-corrected chi connectivity index (χ1v) is 6.52. The van der Waals surface area contributed by atoms with E-state index in [2.05, 4.69) is 5.32 Å². The Balaban J connectivity index is 2.10. The van der Waals surface area contributed by atoms with Crippen LogP contribution in [0.1, 0.15) is 23.2 Å². The Hall–Kier alpha value is -2.64. The molecule has 8 heteroatoms. The molecular weight excluding hydrogens is 278 g/mol. The van der Waals surface area contributed by atoms with Crippen molar-refractivity contribution in [3.63, 3.8) is 0 Å². The molecule has 0 atom stereocenters. The predicted molar refractivity (Wildman–Crippen MR) is 74.4 cm³/mol. The molecule has 1 aliphatic rings. The van der Waals surface area contributed by atoms with Gasteiger partial charge in [-0.15, -0.1) is 0 Å². The molecule has 1 aromatic carbocycles. The number of rotatable bonds is 5. The molecule has 1 amide bonds. The van der Waals surface area contributed by atoms with Gasteiger partial charge in [-0.2, -0.15) is 0 Å². The number of nitrogens with zero attached hydrogens (tertiary/aromatic N) is 2. The van der Waals surface area contributed by atoms with Gasteiger partial charge in [0.2, 0.25) is 5.91 Å². The Morgan fingerprint density at radius 1 is 1.33 bits per heavy atom. The highest BCUT2D eigenvalue weighted by atomic mass is 16.6. The lowest BCUT2D eigenvalue weighted by molar-refractivity contribution is -0.384. The second-order valence-corrected chi connectivity index (χ2v) is 4.74. The third kappa shape index (κ3) is 3.47. The van der Waals surface area contributed by atoms with Crippen LogP contribution in [0.15, 0.2) is 18.2 Å². The average molecular weight is 293 g/mol. The van der Waals surface area contributed by atoms with Crippen LogP contribution in [0.5, 0.6) is 0 Å². The zero-order valence-corrected chi connectivity index (χ0v) is 11.2. The van der Waals surface area contributed by atoms with Crippen molar-refractivity contribution in [1.82, 2.24) is 4.90 Å². The molecule has 21 heavy (non-hydrogen) atoms. The monoisotopic (exact) mass is 293 g/mol. The molecule has 0 saturated carbocycles. The van der Waals surface area contributed by atoms with Crippen LogP contribution in [-0.4, -0.2) is 46.4 Å². The number of aromatic carboxylic acids is 1. The lowest BCUT2D eigenvalue weighted by atomic mass is 10.1. The molecule has 2 rings (SSSR count). The van der Waals surface area contributed by atoms with Gasteiger partial charge in [0.25, 0.3) is 5.69 Å². The van der Waals surface area contributed by atoms with Gasteiger partial charge in [-0.05, 0) is 25.0 Å². The Morgan fingerprint density at radius 2 is 2.00 bits per heavy atom. The molecule has 0 aromatic heterocycles. The van der Waals surface area contributed by atoms with Crippen LogP contribution >= 0.6 is 0 Å². The van der Waals surface area contributed by atoms with Crippen LogP contribution in [0, 0.1) is 10.1 Å². The fourth-order valence-corrected chi connectivity index (χ4v) is 2.21.